The van der Waals surface area contributed by atoms with E-state index in [1.807, 2.05) is 19.6 Å². The lowest BCUT2D eigenvalue weighted by Gasteiger charge is -2.21. The minimum atomic E-state index is -4.41. The topological polar surface area (TPSA) is 0 Å². The minimum Gasteiger partial charge on any atom is -0.166 e. The van der Waals surface area contributed by atoms with Crippen LogP contribution >= 0.6 is 23.2 Å². The molecule has 1 aromatic rings. The van der Waals surface area contributed by atoms with Crippen LogP contribution in [-0.4, -0.2) is 8.07 Å². The minimum absolute atomic E-state index is 0.110. The predicted molar refractivity (Wildman–Crippen MR) is 64.4 cm³/mol. The molecule has 16 heavy (non-hydrogen) atoms. The Morgan fingerprint density at radius 3 is 1.62 bits per heavy atom. The standard InChI is InChI=1S/C10H11Cl2F3Si/c1-16(2,3)9-7(11)4-6(5-8(9)12)10(13,14)15/h4-5H,1-3H3. The number of hydrogen-bond acceptors (Lipinski definition) is 0. The molecule has 0 heterocycles. The maximum atomic E-state index is 12.5. The Kier molecular flexibility index (Phi) is 3.67. The number of rotatable bonds is 1. The first-order valence-electron chi connectivity index (χ1n) is 4.60. The lowest BCUT2D eigenvalue weighted by atomic mass is 10.2. The van der Waals surface area contributed by atoms with E-state index in [1.54, 1.807) is 0 Å². The van der Waals surface area contributed by atoms with Crippen molar-refractivity contribution in [2.24, 2.45) is 0 Å². The summed E-state index contributed by atoms with van der Waals surface area (Å²) in [5.41, 5.74) is -0.801. The van der Waals surface area contributed by atoms with Crippen LogP contribution < -0.4 is 5.19 Å². The third kappa shape index (κ3) is 2.93. The van der Waals surface area contributed by atoms with Crippen LogP contribution in [0.3, 0.4) is 0 Å². The van der Waals surface area contributed by atoms with E-state index in [2.05, 4.69) is 0 Å². The molecule has 0 fully saturated rings. The normalized spacial score (nSPS) is 13.0. The SMILES string of the molecule is C[Si](C)(C)c1c(Cl)cc(C(F)(F)F)cc1Cl. The highest BCUT2D eigenvalue weighted by atomic mass is 35.5. The van der Waals surface area contributed by atoms with Gasteiger partial charge in [0.05, 0.1) is 13.6 Å². The summed E-state index contributed by atoms with van der Waals surface area (Å²) in [5.74, 6) is 0. The number of benzene rings is 1. The zero-order valence-corrected chi connectivity index (χ0v) is 11.6. The maximum absolute atomic E-state index is 12.5. The summed E-state index contributed by atoms with van der Waals surface area (Å²) < 4.78 is 37.4. The highest BCUT2D eigenvalue weighted by molar-refractivity contribution is 6.91. The van der Waals surface area contributed by atoms with Gasteiger partial charge in [0.2, 0.25) is 0 Å². The van der Waals surface area contributed by atoms with Crippen molar-refractivity contribution in [3.63, 3.8) is 0 Å². The number of hydrogen-bond donors (Lipinski definition) is 0. The summed E-state index contributed by atoms with van der Waals surface area (Å²) in [6.45, 7) is 5.94. The van der Waals surface area contributed by atoms with Crippen LogP contribution in [0.5, 0.6) is 0 Å². The van der Waals surface area contributed by atoms with E-state index >= 15 is 0 Å². The first-order valence-corrected chi connectivity index (χ1v) is 8.86. The molecule has 0 atom stereocenters. The molecule has 6 heteroatoms. The summed E-state index contributed by atoms with van der Waals surface area (Å²) in [6, 6.07) is 1.89. The van der Waals surface area contributed by atoms with Crippen molar-refractivity contribution in [2.45, 2.75) is 25.8 Å². The van der Waals surface area contributed by atoms with E-state index in [0.717, 1.165) is 12.1 Å². The Morgan fingerprint density at radius 1 is 1.00 bits per heavy atom. The molecule has 0 nitrogen and oxygen atoms in total. The van der Waals surface area contributed by atoms with Crippen LogP contribution in [-0.2, 0) is 6.18 Å². The van der Waals surface area contributed by atoms with Gasteiger partial charge in [0.1, 0.15) is 0 Å². The average Bonchev–Trinajstić information content (AvgIpc) is 1.97. The van der Waals surface area contributed by atoms with Crippen LogP contribution in [0.2, 0.25) is 29.7 Å². The van der Waals surface area contributed by atoms with Gasteiger partial charge in [0.15, 0.2) is 0 Å². The number of alkyl halides is 3. The molecular formula is C10H11Cl2F3Si. The Hall–Kier alpha value is -0.193. The quantitative estimate of drug-likeness (QED) is 0.664. The molecule has 0 saturated carbocycles. The zero-order valence-electron chi connectivity index (χ0n) is 9.04. The van der Waals surface area contributed by atoms with Gasteiger partial charge < -0.3 is 0 Å². The van der Waals surface area contributed by atoms with E-state index in [0.29, 0.717) is 5.19 Å². The van der Waals surface area contributed by atoms with Gasteiger partial charge in [-0.05, 0) is 17.3 Å². The lowest BCUT2D eigenvalue weighted by Crippen LogP contribution is -2.39. The van der Waals surface area contributed by atoms with Crippen LogP contribution in [0, 0.1) is 0 Å². The highest BCUT2D eigenvalue weighted by Crippen LogP contribution is 2.33. The van der Waals surface area contributed by atoms with Crippen LogP contribution in [0.15, 0.2) is 12.1 Å². The monoisotopic (exact) mass is 286 g/mol. The third-order valence-corrected chi connectivity index (χ3v) is 5.07. The van der Waals surface area contributed by atoms with Crippen molar-refractivity contribution in [2.75, 3.05) is 0 Å². The molecule has 0 bridgehead atoms. The molecule has 0 unspecified atom stereocenters. The highest BCUT2D eigenvalue weighted by Gasteiger charge is 2.33. The van der Waals surface area contributed by atoms with E-state index in [9.17, 15) is 13.2 Å². The number of halogens is 5. The fourth-order valence-corrected chi connectivity index (χ4v) is 5.22. The van der Waals surface area contributed by atoms with Crippen molar-refractivity contribution in [3.05, 3.63) is 27.7 Å². The smallest absolute Gasteiger partial charge is 0.166 e. The van der Waals surface area contributed by atoms with Gasteiger partial charge in [-0.3, -0.25) is 0 Å². The van der Waals surface area contributed by atoms with Gasteiger partial charge in [-0.25, -0.2) is 0 Å². The van der Waals surface area contributed by atoms with Crippen LogP contribution in [0.4, 0.5) is 13.2 Å². The molecule has 1 rings (SSSR count). The predicted octanol–water partition coefficient (Wildman–Crippen LogP) is 4.56. The van der Waals surface area contributed by atoms with Gasteiger partial charge in [-0.2, -0.15) is 13.2 Å². The maximum Gasteiger partial charge on any atom is 0.416 e. The van der Waals surface area contributed by atoms with Crippen molar-refractivity contribution >= 4 is 36.5 Å². The second-order valence-electron chi connectivity index (χ2n) is 4.56. The van der Waals surface area contributed by atoms with E-state index in [1.165, 1.54) is 0 Å². The second kappa shape index (κ2) is 4.24. The summed E-state index contributed by atoms with van der Waals surface area (Å²) >= 11 is 11.8. The molecule has 0 aromatic heterocycles. The Bertz CT molecular complexity index is 385. The zero-order chi connectivity index (χ0) is 12.7. The molecule has 0 amide bonds. The van der Waals surface area contributed by atoms with Crippen LogP contribution in [0.25, 0.3) is 0 Å². The van der Waals surface area contributed by atoms with E-state index in [4.69, 9.17) is 23.2 Å². The van der Waals surface area contributed by atoms with E-state index < -0.39 is 19.8 Å². The molecule has 0 radical (unpaired) electrons. The molecular weight excluding hydrogens is 276 g/mol. The molecule has 0 saturated heterocycles. The Morgan fingerprint density at radius 2 is 1.38 bits per heavy atom. The van der Waals surface area contributed by atoms with E-state index in [-0.39, 0.29) is 10.0 Å². The summed E-state index contributed by atoms with van der Waals surface area (Å²) in [4.78, 5) is 0. The molecule has 0 aliphatic heterocycles. The van der Waals surface area contributed by atoms with Crippen molar-refractivity contribution < 1.29 is 13.2 Å². The molecule has 0 spiro atoms. The van der Waals surface area contributed by atoms with Gasteiger partial charge in [0, 0.05) is 10.0 Å². The molecule has 0 aliphatic carbocycles. The van der Waals surface area contributed by atoms with Gasteiger partial charge >= 0.3 is 6.18 Å². The molecule has 0 aliphatic rings. The molecule has 1 aromatic carbocycles. The average molecular weight is 287 g/mol. The summed E-state index contributed by atoms with van der Waals surface area (Å²) in [7, 11) is -1.84. The third-order valence-electron chi connectivity index (χ3n) is 2.12. The first kappa shape index (κ1) is 13.9. The Balaban J connectivity index is 3.41. The fourth-order valence-electron chi connectivity index (χ4n) is 1.45. The second-order valence-corrected chi connectivity index (χ2v) is 10.4. The summed E-state index contributed by atoms with van der Waals surface area (Å²) in [5, 5.41) is 0.891. The van der Waals surface area contributed by atoms with Gasteiger partial charge in [0.25, 0.3) is 0 Å². The lowest BCUT2D eigenvalue weighted by molar-refractivity contribution is -0.137. The largest absolute Gasteiger partial charge is 0.416 e. The Labute approximate surface area is 103 Å². The fraction of sp³-hybridized carbons (Fsp3) is 0.400. The van der Waals surface area contributed by atoms with Gasteiger partial charge in [-0.1, -0.05) is 42.8 Å². The molecule has 90 valence electrons. The summed E-state index contributed by atoms with van der Waals surface area (Å²) in [6.07, 6.45) is -4.41. The van der Waals surface area contributed by atoms with Crippen molar-refractivity contribution in [1.29, 1.82) is 0 Å². The van der Waals surface area contributed by atoms with Crippen molar-refractivity contribution in [1.82, 2.24) is 0 Å². The van der Waals surface area contributed by atoms with Crippen molar-refractivity contribution in [3.8, 4) is 0 Å². The first-order chi connectivity index (χ1) is 7.03. The molecule has 0 N–H and O–H groups in total. The van der Waals surface area contributed by atoms with Gasteiger partial charge in [-0.15, -0.1) is 0 Å². The van der Waals surface area contributed by atoms with Crippen LogP contribution in [0.1, 0.15) is 5.56 Å².